The average molecular weight is 690 g/mol. The summed E-state index contributed by atoms with van der Waals surface area (Å²) < 4.78 is 76.5. The van der Waals surface area contributed by atoms with Crippen LogP contribution in [0.15, 0.2) is 29.0 Å². The van der Waals surface area contributed by atoms with Gasteiger partial charge in [-0.25, -0.2) is 23.5 Å². The summed E-state index contributed by atoms with van der Waals surface area (Å²) in [4.78, 5) is 51.8. The smallest absolute Gasteiger partial charge is 0.387 e. The molecule has 0 aromatic carbocycles. The van der Waals surface area contributed by atoms with E-state index in [1.165, 1.54) is 10.9 Å². The first kappa shape index (κ1) is 31.0. The standard InChI is InChI=1S/C21H25FN10O12P2/c1-6-10-15(28-20(23)27-6)32(4-25-10)19-14-12(33)7(41-19)2-39-45(35,36)43-13-8(3-40-46(37,38)44-14)42-18(9(13)22)31-5-26-11-16(31)29-21(24)30-17(11)34/h4-5,7-9,12-14,18-19,33H,1-3H2,(H,35,36)(H,37,38)(H3,23,27,28)(H3,24,29,30,34)/t7-,8-,9?,12?,13-,14-,18-,19-/m1/s1. The van der Waals surface area contributed by atoms with E-state index in [4.69, 9.17) is 39.0 Å². The Morgan fingerprint density at radius 2 is 1.65 bits per heavy atom. The van der Waals surface area contributed by atoms with E-state index in [1.807, 2.05) is 0 Å². The van der Waals surface area contributed by atoms with Gasteiger partial charge in [-0.3, -0.25) is 37.0 Å². The predicted octanol–water partition coefficient (Wildman–Crippen LogP) is -1.37. The summed E-state index contributed by atoms with van der Waals surface area (Å²) in [6.45, 7) is 2.01. The number of nitrogens with two attached hydrogens (primary N) is 2. The number of rotatable bonds is 2. The van der Waals surface area contributed by atoms with Crippen molar-refractivity contribution in [3.05, 3.63) is 35.3 Å². The number of nitrogens with one attached hydrogen (secondary N) is 2. The van der Waals surface area contributed by atoms with Gasteiger partial charge >= 0.3 is 15.6 Å². The number of hydrogen-bond donors (Lipinski definition) is 7. The van der Waals surface area contributed by atoms with E-state index in [9.17, 15) is 28.8 Å². The highest BCUT2D eigenvalue weighted by molar-refractivity contribution is 7.47. The molecule has 0 spiro atoms. The quantitative estimate of drug-likeness (QED) is 0.153. The number of aliphatic hydroxyl groups excluding tert-OH is 1. The molecule has 0 amide bonds. The monoisotopic (exact) mass is 690 g/mol. The van der Waals surface area contributed by atoms with E-state index in [1.54, 1.807) is 0 Å². The Hall–Kier alpha value is -3.60. The first-order valence-corrected chi connectivity index (χ1v) is 16.2. The van der Waals surface area contributed by atoms with Crippen LogP contribution >= 0.6 is 15.6 Å². The molecule has 3 fully saturated rings. The number of fused-ring (bicyclic) bond motifs is 5. The summed E-state index contributed by atoms with van der Waals surface area (Å²) in [5.74, 6) is -0.281. The SMILES string of the molecule is C=C1NC(N)=Nc2c1ncn2[C@@H]1O[C@@H]2COP(=O)(O)O[C@H]3C(F)[C@H](n4cnc5c(=O)[nH]c(N)nc54)O[C@@H]3COP(=O)(O)O[C@@H]1C2O. The van der Waals surface area contributed by atoms with E-state index in [0.717, 1.165) is 10.9 Å². The zero-order chi connectivity index (χ0) is 32.7. The molecule has 7 rings (SSSR count). The lowest BCUT2D eigenvalue weighted by molar-refractivity contribution is -0.0675. The van der Waals surface area contributed by atoms with Gasteiger partial charge in [-0.15, -0.1) is 0 Å². The summed E-state index contributed by atoms with van der Waals surface area (Å²) in [6, 6.07) is 0. The number of phosphoric acid groups is 2. The number of aromatic amines is 1. The minimum atomic E-state index is -5.16. The molecule has 0 aliphatic carbocycles. The molecule has 9 N–H and O–H groups in total. The molecule has 3 saturated heterocycles. The molecular formula is C21H25FN10O12P2. The summed E-state index contributed by atoms with van der Waals surface area (Å²) >= 11 is 0. The number of guanidine groups is 1. The first-order valence-electron chi connectivity index (χ1n) is 13.3. The third-order valence-corrected chi connectivity index (χ3v) is 9.42. The Kier molecular flexibility index (Phi) is 7.41. The highest BCUT2D eigenvalue weighted by atomic mass is 31.2. The number of alkyl halides is 1. The van der Waals surface area contributed by atoms with Gasteiger partial charge in [0.15, 0.2) is 41.6 Å². The largest absolute Gasteiger partial charge is 0.472 e. The number of H-pyrrole nitrogens is 1. The molecule has 7 heterocycles. The number of aliphatic hydroxyl groups is 1. The van der Waals surface area contributed by atoms with Gasteiger partial charge in [0.25, 0.3) is 5.56 Å². The summed E-state index contributed by atoms with van der Waals surface area (Å²) in [5.41, 5.74) is 10.8. The van der Waals surface area contributed by atoms with Crippen molar-refractivity contribution < 1.29 is 56.0 Å². The Labute approximate surface area is 255 Å². The zero-order valence-corrected chi connectivity index (χ0v) is 24.8. The van der Waals surface area contributed by atoms with Crippen LogP contribution in [0.4, 0.5) is 16.2 Å². The van der Waals surface area contributed by atoms with E-state index >= 15 is 4.39 Å². The van der Waals surface area contributed by atoms with Crippen LogP contribution in [0, 0.1) is 0 Å². The molecule has 46 heavy (non-hydrogen) atoms. The summed E-state index contributed by atoms with van der Waals surface area (Å²) in [7, 11) is -10.3. The molecule has 4 unspecified atom stereocenters. The minimum Gasteiger partial charge on any atom is -0.387 e. The average Bonchev–Trinajstić information content (AvgIpc) is 3.72. The maximum Gasteiger partial charge on any atom is 0.472 e. The molecule has 3 aromatic rings. The van der Waals surface area contributed by atoms with Crippen molar-refractivity contribution in [3.63, 3.8) is 0 Å². The second kappa shape index (κ2) is 11.0. The molecule has 248 valence electrons. The predicted molar refractivity (Wildman–Crippen MR) is 148 cm³/mol. The van der Waals surface area contributed by atoms with E-state index in [0.29, 0.717) is 0 Å². The van der Waals surface area contributed by atoms with Gasteiger partial charge in [-0.1, -0.05) is 6.58 Å². The number of halogens is 1. The van der Waals surface area contributed by atoms with Crippen molar-refractivity contribution in [3.8, 4) is 0 Å². The van der Waals surface area contributed by atoms with Crippen molar-refractivity contribution in [2.45, 2.75) is 49.1 Å². The van der Waals surface area contributed by atoms with Crippen LogP contribution in [0.1, 0.15) is 18.1 Å². The molecule has 4 aliphatic rings. The van der Waals surface area contributed by atoms with Gasteiger partial charge < -0.3 is 41.2 Å². The van der Waals surface area contributed by atoms with Gasteiger partial charge in [-0.2, -0.15) is 9.98 Å². The molecule has 0 radical (unpaired) electrons. The topological polar surface area (TPSA) is 308 Å². The second-order valence-electron chi connectivity index (χ2n) is 10.4. The number of imidazole rings is 2. The zero-order valence-electron chi connectivity index (χ0n) is 23.0. The number of phosphoric ester groups is 2. The van der Waals surface area contributed by atoms with Gasteiger partial charge in [-0.05, 0) is 0 Å². The lowest BCUT2D eigenvalue weighted by Crippen LogP contribution is -2.35. The molecular weight excluding hydrogens is 665 g/mol. The van der Waals surface area contributed by atoms with Crippen molar-refractivity contribution in [1.82, 2.24) is 34.4 Å². The highest BCUT2D eigenvalue weighted by Gasteiger charge is 2.54. The maximum atomic E-state index is 15.9. The van der Waals surface area contributed by atoms with Crippen LogP contribution in [-0.4, -0.2) is 99.8 Å². The highest BCUT2D eigenvalue weighted by Crippen LogP contribution is 2.54. The molecule has 4 aliphatic heterocycles. The normalized spacial score (nSPS) is 38.3. The number of nitrogens with zero attached hydrogens (tertiary/aromatic N) is 6. The fourth-order valence-corrected chi connectivity index (χ4v) is 7.31. The number of hydrogen-bond acceptors (Lipinski definition) is 17. The minimum absolute atomic E-state index is 0.0582. The third-order valence-electron chi connectivity index (χ3n) is 7.45. The molecule has 25 heteroatoms. The van der Waals surface area contributed by atoms with Gasteiger partial charge in [0.1, 0.15) is 36.2 Å². The lowest BCUT2D eigenvalue weighted by Gasteiger charge is -2.26. The van der Waals surface area contributed by atoms with Crippen molar-refractivity contribution in [2.75, 3.05) is 18.9 Å². The van der Waals surface area contributed by atoms with Crippen molar-refractivity contribution >= 4 is 50.2 Å². The number of aromatic nitrogens is 6. The Morgan fingerprint density at radius 1 is 1.00 bits per heavy atom. The molecule has 10 atom stereocenters. The molecule has 22 nitrogen and oxygen atoms in total. The van der Waals surface area contributed by atoms with Crippen LogP contribution in [0.25, 0.3) is 16.9 Å². The van der Waals surface area contributed by atoms with Crippen LogP contribution in [0.2, 0.25) is 0 Å². The number of nitrogen functional groups attached to an aromatic ring is 1. The number of ether oxygens (including phenoxy) is 2. The molecule has 0 saturated carbocycles. The fraction of sp³-hybridized carbons (Fsp3) is 0.476. The van der Waals surface area contributed by atoms with Gasteiger partial charge in [0.2, 0.25) is 5.95 Å². The van der Waals surface area contributed by atoms with Gasteiger partial charge in [0, 0.05) is 0 Å². The number of anilines is 1. The maximum absolute atomic E-state index is 15.9. The summed E-state index contributed by atoms with van der Waals surface area (Å²) in [5, 5.41) is 13.7. The number of aliphatic imine (C=N–C) groups is 1. The fourth-order valence-electron chi connectivity index (χ4n) is 5.42. The van der Waals surface area contributed by atoms with E-state index in [-0.39, 0.29) is 40.3 Å². The van der Waals surface area contributed by atoms with Crippen LogP contribution in [0.3, 0.4) is 0 Å². The Balaban J connectivity index is 1.20. The molecule has 2 bridgehead atoms. The first-order chi connectivity index (χ1) is 21.7. The van der Waals surface area contributed by atoms with Crippen molar-refractivity contribution in [2.24, 2.45) is 10.7 Å². The van der Waals surface area contributed by atoms with Crippen LogP contribution in [-0.2, 0) is 36.7 Å². The van der Waals surface area contributed by atoms with Crippen LogP contribution in [0.5, 0.6) is 0 Å². The van der Waals surface area contributed by atoms with Crippen molar-refractivity contribution in [1.29, 1.82) is 0 Å². The van der Waals surface area contributed by atoms with Crippen LogP contribution < -0.4 is 22.3 Å². The molecule has 3 aromatic heterocycles. The summed E-state index contributed by atoms with van der Waals surface area (Å²) in [6.07, 6.45) is -11.7. The van der Waals surface area contributed by atoms with E-state index in [2.05, 4.69) is 36.8 Å². The van der Waals surface area contributed by atoms with Gasteiger partial charge in [0.05, 0.1) is 31.6 Å². The Morgan fingerprint density at radius 3 is 2.39 bits per heavy atom. The Bertz CT molecular complexity index is 1920. The lowest BCUT2D eigenvalue weighted by atomic mass is 10.1. The third kappa shape index (κ3) is 5.34. The second-order valence-corrected chi connectivity index (χ2v) is 13.2. The van der Waals surface area contributed by atoms with E-state index < -0.39 is 83.6 Å².